The Kier molecular flexibility index (Phi) is 5.12. The van der Waals surface area contributed by atoms with Gasteiger partial charge >= 0.3 is 12.0 Å². The van der Waals surface area contributed by atoms with Gasteiger partial charge in [-0.15, -0.1) is 0 Å². The van der Waals surface area contributed by atoms with Crippen molar-refractivity contribution in [1.29, 1.82) is 0 Å². The summed E-state index contributed by atoms with van der Waals surface area (Å²) in [5.41, 5.74) is 0.322. The van der Waals surface area contributed by atoms with Crippen molar-refractivity contribution in [3.05, 3.63) is 0 Å². The Balaban J connectivity index is 1.88. The third-order valence-electron chi connectivity index (χ3n) is 4.88. The highest BCUT2D eigenvalue weighted by Crippen LogP contribution is 2.37. The molecule has 2 amide bonds. The van der Waals surface area contributed by atoms with Gasteiger partial charge in [0.05, 0.1) is 0 Å². The third-order valence-corrected chi connectivity index (χ3v) is 4.88. The van der Waals surface area contributed by atoms with E-state index in [1.807, 2.05) is 4.90 Å². The van der Waals surface area contributed by atoms with Gasteiger partial charge in [0.25, 0.3) is 0 Å². The largest absolute Gasteiger partial charge is 0.481 e. The second kappa shape index (κ2) is 6.67. The maximum Gasteiger partial charge on any atom is 0.317 e. The minimum atomic E-state index is -0.779. The second-order valence-electron chi connectivity index (χ2n) is 7.33. The molecule has 0 aromatic heterocycles. The van der Waals surface area contributed by atoms with Gasteiger partial charge in [-0.3, -0.25) is 4.79 Å². The molecule has 0 bridgehead atoms. The zero-order valence-electron chi connectivity index (χ0n) is 13.2. The number of amides is 2. The average molecular weight is 296 g/mol. The molecule has 1 aliphatic heterocycles. The van der Waals surface area contributed by atoms with Crippen LogP contribution in [0.2, 0.25) is 0 Å². The molecule has 0 spiro atoms. The van der Waals surface area contributed by atoms with E-state index in [1.165, 1.54) is 0 Å². The number of aliphatic carboxylic acids is 1. The first-order chi connectivity index (χ1) is 9.87. The van der Waals surface area contributed by atoms with Gasteiger partial charge in [-0.1, -0.05) is 13.8 Å². The van der Waals surface area contributed by atoms with Crippen molar-refractivity contribution in [2.45, 2.75) is 77.3 Å². The number of carbonyl (C=O) groups is 2. The molecule has 1 saturated carbocycles. The molecular weight excluding hydrogens is 268 g/mol. The lowest BCUT2D eigenvalue weighted by atomic mass is 9.92. The van der Waals surface area contributed by atoms with Crippen LogP contribution in [0.3, 0.4) is 0 Å². The quantitative estimate of drug-likeness (QED) is 0.838. The number of piperidine rings is 1. The van der Waals surface area contributed by atoms with Gasteiger partial charge in [-0.05, 0) is 50.4 Å². The number of nitrogens with one attached hydrogen (secondary N) is 1. The minimum Gasteiger partial charge on any atom is -0.481 e. The van der Waals surface area contributed by atoms with E-state index in [0.29, 0.717) is 11.8 Å². The number of rotatable bonds is 4. The van der Waals surface area contributed by atoms with Crippen LogP contribution in [-0.2, 0) is 4.79 Å². The number of nitrogens with zero attached hydrogens (tertiary/aromatic N) is 1. The van der Waals surface area contributed by atoms with Gasteiger partial charge in [0.1, 0.15) is 0 Å². The van der Waals surface area contributed by atoms with Gasteiger partial charge in [-0.2, -0.15) is 0 Å². The minimum absolute atomic E-state index is 0.00721. The third kappa shape index (κ3) is 4.61. The number of carbonyl (C=O) groups excluding carboxylic acids is 1. The van der Waals surface area contributed by atoms with Crippen molar-refractivity contribution >= 4 is 12.0 Å². The van der Waals surface area contributed by atoms with Crippen LogP contribution in [-0.4, -0.2) is 40.6 Å². The lowest BCUT2D eigenvalue weighted by molar-refractivity contribution is -0.137. The Labute approximate surface area is 127 Å². The fourth-order valence-corrected chi connectivity index (χ4v) is 3.68. The van der Waals surface area contributed by atoms with Crippen molar-refractivity contribution in [2.24, 2.45) is 5.41 Å². The first kappa shape index (κ1) is 16.1. The van der Waals surface area contributed by atoms with Crippen LogP contribution in [0, 0.1) is 5.41 Å². The van der Waals surface area contributed by atoms with Gasteiger partial charge in [0.2, 0.25) is 0 Å². The van der Waals surface area contributed by atoms with E-state index in [4.69, 9.17) is 5.11 Å². The summed E-state index contributed by atoms with van der Waals surface area (Å²) in [6, 6.07) is 0.367. The second-order valence-corrected chi connectivity index (χ2v) is 7.33. The van der Waals surface area contributed by atoms with E-state index in [-0.39, 0.29) is 24.5 Å². The fourth-order valence-electron chi connectivity index (χ4n) is 3.68. The highest BCUT2D eigenvalue weighted by atomic mass is 16.4. The summed E-state index contributed by atoms with van der Waals surface area (Å²) in [4.78, 5) is 25.1. The van der Waals surface area contributed by atoms with Crippen molar-refractivity contribution in [2.75, 3.05) is 6.54 Å². The van der Waals surface area contributed by atoms with E-state index in [0.717, 1.165) is 45.1 Å². The summed E-state index contributed by atoms with van der Waals surface area (Å²) in [5.74, 6) is -0.779. The van der Waals surface area contributed by atoms with Gasteiger partial charge < -0.3 is 15.3 Å². The number of carboxylic acids is 1. The molecule has 2 unspecified atom stereocenters. The summed E-state index contributed by atoms with van der Waals surface area (Å²) >= 11 is 0. The Bertz CT molecular complexity index is 395. The molecule has 1 heterocycles. The normalized spacial score (nSPS) is 28.4. The van der Waals surface area contributed by atoms with E-state index in [9.17, 15) is 9.59 Å². The molecule has 0 aromatic rings. The van der Waals surface area contributed by atoms with E-state index in [1.54, 1.807) is 0 Å². The van der Waals surface area contributed by atoms with Crippen molar-refractivity contribution in [3.63, 3.8) is 0 Å². The van der Waals surface area contributed by atoms with Gasteiger partial charge in [-0.25, -0.2) is 4.79 Å². The van der Waals surface area contributed by atoms with Crippen molar-refractivity contribution in [1.82, 2.24) is 10.2 Å². The van der Waals surface area contributed by atoms with Crippen LogP contribution in [0.25, 0.3) is 0 Å². The summed E-state index contributed by atoms with van der Waals surface area (Å²) < 4.78 is 0. The molecule has 1 saturated heterocycles. The molecule has 120 valence electrons. The molecule has 2 aliphatic rings. The molecule has 2 atom stereocenters. The van der Waals surface area contributed by atoms with E-state index < -0.39 is 5.97 Å². The zero-order valence-corrected chi connectivity index (χ0v) is 13.2. The number of likely N-dealkylation sites (tertiary alicyclic amines) is 1. The molecule has 0 radical (unpaired) electrons. The van der Waals surface area contributed by atoms with Crippen LogP contribution < -0.4 is 5.32 Å². The predicted molar refractivity (Wildman–Crippen MR) is 81.2 cm³/mol. The Morgan fingerprint density at radius 1 is 1.29 bits per heavy atom. The maximum atomic E-state index is 12.5. The van der Waals surface area contributed by atoms with E-state index in [2.05, 4.69) is 19.2 Å². The molecule has 0 aromatic carbocycles. The number of carboxylic acid groups (broad SMARTS) is 1. The number of urea groups is 1. The Hall–Kier alpha value is -1.26. The summed E-state index contributed by atoms with van der Waals surface area (Å²) in [6.07, 6.45) is 6.98. The fraction of sp³-hybridized carbons (Fsp3) is 0.875. The molecule has 1 aliphatic carbocycles. The molecule has 21 heavy (non-hydrogen) atoms. The summed E-state index contributed by atoms with van der Waals surface area (Å²) in [6.45, 7) is 5.25. The van der Waals surface area contributed by atoms with Crippen LogP contribution in [0.4, 0.5) is 4.79 Å². The highest BCUT2D eigenvalue weighted by Gasteiger charge is 2.34. The molecule has 2 N–H and O–H groups in total. The summed E-state index contributed by atoms with van der Waals surface area (Å²) in [5, 5.41) is 12.0. The molecule has 2 fully saturated rings. The van der Waals surface area contributed by atoms with Crippen molar-refractivity contribution < 1.29 is 14.7 Å². The monoisotopic (exact) mass is 296 g/mol. The zero-order chi connectivity index (χ0) is 15.5. The first-order valence-electron chi connectivity index (χ1n) is 8.16. The van der Waals surface area contributed by atoms with Crippen LogP contribution >= 0.6 is 0 Å². The maximum absolute atomic E-state index is 12.5. The number of hydrogen-bond donors (Lipinski definition) is 2. The summed E-state index contributed by atoms with van der Waals surface area (Å²) in [7, 11) is 0. The van der Waals surface area contributed by atoms with Gasteiger partial charge in [0, 0.05) is 25.0 Å². The topological polar surface area (TPSA) is 69.6 Å². The Morgan fingerprint density at radius 3 is 2.67 bits per heavy atom. The lowest BCUT2D eigenvalue weighted by Crippen LogP contribution is -2.51. The highest BCUT2D eigenvalue weighted by molar-refractivity contribution is 5.75. The van der Waals surface area contributed by atoms with Crippen molar-refractivity contribution in [3.8, 4) is 0 Å². The standard InChI is InChI=1S/C16H28N2O3/c1-16(2)9-8-12(11-16)17-15(21)18-10-4-3-5-13(18)6-7-14(19)20/h12-13H,3-11H2,1-2H3,(H,17,21)(H,19,20). The molecular formula is C16H28N2O3. The first-order valence-corrected chi connectivity index (χ1v) is 8.16. The van der Waals surface area contributed by atoms with Crippen LogP contribution in [0.15, 0.2) is 0 Å². The van der Waals surface area contributed by atoms with Crippen LogP contribution in [0.5, 0.6) is 0 Å². The molecule has 5 nitrogen and oxygen atoms in total. The SMILES string of the molecule is CC1(C)CCC(NC(=O)N2CCCCC2CCC(=O)O)C1. The average Bonchev–Trinajstić information content (AvgIpc) is 2.75. The van der Waals surface area contributed by atoms with Crippen LogP contribution in [0.1, 0.15) is 65.2 Å². The molecule has 5 heteroatoms. The smallest absolute Gasteiger partial charge is 0.317 e. The Morgan fingerprint density at radius 2 is 2.05 bits per heavy atom. The van der Waals surface area contributed by atoms with Gasteiger partial charge in [0.15, 0.2) is 0 Å². The number of hydrogen-bond acceptors (Lipinski definition) is 2. The van der Waals surface area contributed by atoms with E-state index >= 15 is 0 Å². The molecule has 2 rings (SSSR count). The lowest BCUT2D eigenvalue weighted by Gasteiger charge is -2.36. The predicted octanol–water partition coefficient (Wildman–Crippen LogP) is 2.99.